The maximum absolute atomic E-state index is 13.8. The standard InChI is InChI=1S/C20H24FN3O/c1-22-20(23-12-11-14-7-9-15(25-2)10-8-14)24-19-13-17(19)16-5-3-4-6-18(16)21/h3-10,17,19H,11-13H2,1-2H3,(H2,22,23,24). The van der Waals surface area contributed by atoms with E-state index in [0.717, 1.165) is 36.7 Å². The summed E-state index contributed by atoms with van der Waals surface area (Å²) in [5.74, 6) is 1.72. The van der Waals surface area contributed by atoms with Crippen LogP contribution in [0.3, 0.4) is 0 Å². The van der Waals surface area contributed by atoms with Crippen LogP contribution < -0.4 is 15.4 Å². The van der Waals surface area contributed by atoms with E-state index < -0.39 is 0 Å². The van der Waals surface area contributed by atoms with E-state index in [0.29, 0.717) is 0 Å². The van der Waals surface area contributed by atoms with E-state index in [1.165, 1.54) is 11.6 Å². The number of nitrogens with zero attached hydrogens (tertiary/aromatic N) is 1. The van der Waals surface area contributed by atoms with Gasteiger partial charge in [0.15, 0.2) is 5.96 Å². The van der Waals surface area contributed by atoms with Crippen molar-refractivity contribution in [2.75, 3.05) is 20.7 Å². The third-order valence-corrected chi connectivity index (χ3v) is 4.51. The second-order valence-electron chi connectivity index (χ2n) is 6.21. The van der Waals surface area contributed by atoms with Gasteiger partial charge in [-0.05, 0) is 42.2 Å². The molecule has 0 aromatic heterocycles. The molecule has 0 amide bonds. The first kappa shape index (κ1) is 17.3. The molecule has 25 heavy (non-hydrogen) atoms. The van der Waals surface area contributed by atoms with Crippen LogP contribution in [-0.2, 0) is 6.42 Å². The van der Waals surface area contributed by atoms with Gasteiger partial charge in [0.25, 0.3) is 0 Å². The maximum Gasteiger partial charge on any atom is 0.191 e. The van der Waals surface area contributed by atoms with Gasteiger partial charge < -0.3 is 15.4 Å². The van der Waals surface area contributed by atoms with E-state index >= 15 is 0 Å². The first-order valence-corrected chi connectivity index (χ1v) is 8.56. The number of nitrogens with one attached hydrogen (secondary N) is 2. The van der Waals surface area contributed by atoms with Crippen LogP contribution in [0, 0.1) is 5.82 Å². The van der Waals surface area contributed by atoms with E-state index in [1.54, 1.807) is 20.2 Å². The average Bonchev–Trinajstić information content (AvgIpc) is 3.40. The lowest BCUT2D eigenvalue weighted by molar-refractivity contribution is 0.414. The van der Waals surface area contributed by atoms with Gasteiger partial charge in [-0.15, -0.1) is 0 Å². The molecule has 1 fully saturated rings. The number of hydrogen-bond donors (Lipinski definition) is 2. The lowest BCUT2D eigenvalue weighted by Crippen LogP contribution is -2.39. The number of guanidine groups is 1. The zero-order chi connectivity index (χ0) is 17.6. The number of ether oxygens (including phenoxy) is 1. The average molecular weight is 341 g/mol. The van der Waals surface area contributed by atoms with Crippen molar-refractivity contribution in [1.29, 1.82) is 0 Å². The number of halogens is 1. The maximum atomic E-state index is 13.8. The van der Waals surface area contributed by atoms with Crippen molar-refractivity contribution in [1.82, 2.24) is 10.6 Å². The van der Waals surface area contributed by atoms with Gasteiger partial charge in [0.2, 0.25) is 0 Å². The number of benzene rings is 2. The zero-order valence-electron chi connectivity index (χ0n) is 14.6. The summed E-state index contributed by atoms with van der Waals surface area (Å²) in [5.41, 5.74) is 2.02. The summed E-state index contributed by atoms with van der Waals surface area (Å²) < 4.78 is 19.0. The molecule has 2 N–H and O–H groups in total. The molecule has 0 heterocycles. The lowest BCUT2D eigenvalue weighted by Gasteiger charge is -2.12. The number of hydrogen-bond acceptors (Lipinski definition) is 2. The highest BCUT2D eigenvalue weighted by Crippen LogP contribution is 2.41. The van der Waals surface area contributed by atoms with Gasteiger partial charge in [-0.2, -0.15) is 0 Å². The summed E-state index contributed by atoms with van der Waals surface area (Å²) in [6, 6.07) is 15.3. The van der Waals surface area contributed by atoms with Crippen LogP contribution in [0.15, 0.2) is 53.5 Å². The fourth-order valence-corrected chi connectivity index (χ4v) is 2.96. The first-order valence-electron chi connectivity index (χ1n) is 8.56. The topological polar surface area (TPSA) is 45.7 Å². The van der Waals surface area contributed by atoms with Crippen molar-refractivity contribution in [2.45, 2.75) is 24.8 Å². The van der Waals surface area contributed by atoms with Gasteiger partial charge in [0.1, 0.15) is 11.6 Å². The van der Waals surface area contributed by atoms with Crippen molar-refractivity contribution in [3.8, 4) is 5.75 Å². The molecular formula is C20H24FN3O. The molecule has 5 heteroatoms. The molecule has 132 valence electrons. The molecule has 2 aromatic carbocycles. The molecule has 0 bridgehead atoms. The predicted molar refractivity (Wildman–Crippen MR) is 98.7 cm³/mol. The largest absolute Gasteiger partial charge is 0.497 e. The van der Waals surface area contributed by atoms with Gasteiger partial charge in [-0.25, -0.2) is 4.39 Å². The van der Waals surface area contributed by atoms with Crippen LogP contribution in [0.25, 0.3) is 0 Å². The normalized spacial score (nSPS) is 19.4. The quantitative estimate of drug-likeness (QED) is 0.627. The third kappa shape index (κ3) is 4.50. The highest BCUT2D eigenvalue weighted by atomic mass is 19.1. The van der Waals surface area contributed by atoms with E-state index in [9.17, 15) is 4.39 Å². The van der Waals surface area contributed by atoms with Gasteiger partial charge in [-0.1, -0.05) is 30.3 Å². The Morgan fingerprint density at radius 2 is 1.96 bits per heavy atom. The molecule has 0 aliphatic heterocycles. The summed E-state index contributed by atoms with van der Waals surface area (Å²) in [5, 5.41) is 6.69. The van der Waals surface area contributed by atoms with Gasteiger partial charge in [-0.3, -0.25) is 4.99 Å². The van der Waals surface area contributed by atoms with E-state index in [2.05, 4.69) is 27.8 Å². The van der Waals surface area contributed by atoms with Gasteiger partial charge in [0, 0.05) is 25.6 Å². The van der Waals surface area contributed by atoms with E-state index in [-0.39, 0.29) is 17.8 Å². The van der Waals surface area contributed by atoms with Gasteiger partial charge in [0.05, 0.1) is 7.11 Å². The summed E-state index contributed by atoms with van der Waals surface area (Å²) >= 11 is 0. The highest BCUT2D eigenvalue weighted by Gasteiger charge is 2.40. The molecule has 2 unspecified atom stereocenters. The molecule has 0 spiro atoms. The van der Waals surface area contributed by atoms with Crippen molar-refractivity contribution < 1.29 is 9.13 Å². The molecule has 0 radical (unpaired) electrons. The Morgan fingerprint density at radius 1 is 1.20 bits per heavy atom. The Labute approximate surface area is 148 Å². The molecule has 4 nitrogen and oxygen atoms in total. The Balaban J connectivity index is 1.45. The predicted octanol–water partition coefficient (Wildman–Crippen LogP) is 3.10. The monoisotopic (exact) mass is 341 g/mol. The summed E-state index contributed by atoms with van der Waals surface area (Å²) in [6.07, 6.45) is 1.83. The number of methoxy groups -OCH3 is 1. The Morgan fingerprint density at radius 3 is 2.64 bits per heavy atom. The second kappa shape index (κ2) is 8.01. The van der Waals surface area contributed by atoms with Crippen LogP contribution in [-0.4, -0.2) is 32.7 Å². The zero-order valence-corrected chi connectivity index (χ0v) is 14.6. The Kier molecular flexibility index (Phi) is 5.53. The van der Waals surface area contributed by atoms with Crippen molar-refractivity contribution in [2.24, 2.45) is 4.99 Å². The number of aliphatic imine (C=N–C) groups is 1. The SMILES string of the molecule is CN=C(NCCc1ccc(OC)cc1)NC1CC1c1ccccc1F. The first-order chi connectivity index (χ1) is 12.2. The molecule has 2 atom stereocenters. The minimum Gasteiger partial charge on any atom is -0.497 e. The molecule has 1 saturated carbocycles. The second-order valence-corrected chi connectivity index (χ2v) is 6.21. The van der Waals surface area contributed by atoms with Crippen LogP contribution >= 0.6 is 0 Å². The van der Waals surface area contributed by atoms with Crippen molar-refractivity contribution in [3.05, 3.63) is 65.5 Å². The molecule has 1 aliphatic rings. The minimum absolute atomic E-state index is 0.126. The van der Waals surface area contributed by atoms with Crippen LogP contribution in [0.5, 0.6) is 5.75 Å². The molecule has 0 saturated heterocycles. The molecule has 3 rings (SSSR count). The molecule has 1 aliphatic carbocycles. The summed E-state index contributed by atoms with van der Waals surface area (Å²) in [6.45, 7) is 0.781. The minimum atomic E-state index is -0.126. The van der Waals surface area contributed by atoms with Crippen molar-refractivity contribution in [3.63, 3.8) is 0 Å². The highest BCUT2D eigenvalue weighted by molar-refractivity contribution is 5.80. The van der Waals surface area contributed by atoms with Crippen LogP contribution in [0.2, 0.25) is 0 Å². The van der Waals surface area contributed by atoms with Crippen LogP contribution in [0.4, 0.5) is 4.39 Å². The van der Waals surface area contributed by atoms with E-state index in [4.69, 9.17) is 4.74 Å². The Bertz CT molecular complexity index is 730. The van der Waals surface area contributed by atoms with Crippen LogP contribution in [0.1, 0.15) is 23.5 Å². The smallest absolute Gasteiger partial charge is 0.191 e. The summed E-state index contributed by atoms with van der Waals surface area (Å²) in [7, 11) is 3.42. The molecular weight excluding hydrogens is 317 g/mol. The fourth-order valence-electron chi connectivity index (χ4n) is 2.96. The molecule has 2 aromatic rings. The van der Waals surface area contributed by atoms with Crippen molar-refractivity contribution >= 4 is 5.96 Å². The van der Waals surface area contributed by atoms with Gasteiger partial charge >= 0.3 is 0 Å². The lowest BCUT2D eigenvalue weighted by atomic mass is 10.1. The fraction of sp³-hybridized carbons (Fsp3) is 0.350. The van der Waals surface area contributed by atoms with E-state index in [1.807, 2.05) is 24.3 Å². The summed E-state index contributed by atoms with van der Waals surface area (Å²) in [4.78, 5) is 4.26. The number of rotatable bonds is 6. The third-order valence-electron chi connectivity index (χ3n) is 4.51. The Hall–Kier alpha value is -2.56.